The maximum atomic E-state index is 10.7. The van der Waals surface area contributed by atoms with Crippen LogP contribution >= 0.6 is 34.2 Å². The summed E-state index contributed by atoms with van der Waals surface area (Å²) in [7, 11) is 0. The highest BCUT2D eigenvalue weighted by Gasteiger charge is 2.10. The van der Waals surface area contributed by atoms with E-state index in [2.05, 4.69) is 32.9 Å². The van der Waals surface area contributed by atoms with Crippen LogP contribution in [0.25, 0.3) is 0 Å². The van der Waals surface area contributed by atoms with E-state index in [1.807, 2.05) is 12.1 Å². The highest BCUT2D eigenvalue weighted by molar-refractivity contribution is 14.1. The number of rotatable bonds is 4. The van der Waals surface area contributed by atoms with Crippen molar-refractivity contribution in [3.8, 4) is 0 Å². The van der Waals surface area contributed by atoms with Gasteiger partial charge in [-0.25, -0.2) is 4.98 Å². The lowest BCUT2D eigenvalue weighted by Crippen LogP contribution is -2.04. The van der Waals surface area contributed by atoms with Gasteiger partial charge in [0.1, 0.15) is 5.82 Å². The fraction of sp³-hybridized carbons (Fsp3) is 0.0833. The number of hydrogen-bond donors (Lipinski definition) is 1. The molecule has 19 heavy (non-hydrogen) atoms. The van der Waals surface area contributed by atoms with E-state index < -0.39 is 4.92 Å². The molecule has 0 aliphatic rings. The largest absolute Gasteiger partial charge is 0.365 e. The molecule has 5 nitrogen and oxygen atoms in total. The van der Waals surface area contributed by atoms with Crippen molar-refractivity contribution in [1.29, 1.82) is 0 Å². The number of non-ortho nitro benzene ring substituents is 1. The fourth-order valence-corrected chi connectivity index (χ4v) is 2.23. The number of nitrogens with one attached hydrogen (secondary N) is 1. The lowest BCUT2D eigenvalue weighted by atomic mass is 10.2. The van der Waals surface area contributed by atoms with Crippen molar-refractivity contribution in [1.82, 2.24) is 4.98 Å². The minimum atomic E-state index is -0.440. The third-order valence-corrected chi connectivity index (χ3v) is 3.68. The molecule has 1 heterocycles. The van der Waals surface area contributed by atoms with E-state index in [1.54, 1.807) is 6.20 Å². The fourth-order valence-electron chi connectivity index (χ4n) is 1.50. The predicted molar refractivity (Wildman–Crippen MR) is 82.4 cm³/mol. The Labute approximate surface area is 128 Å². The molecule has 0 atom stereocenters. The van der Waals surface area contributed by atoms with Crippen LogP contribution < -0.4 is 5.32 Å². The predicted octanol–water partition coefficient (Wildman–Crippen LogP) is 3.86. The molecule has 0 radical (unpaired) electrons. The average molecular weight is 390 g/mol. The Balaban J connectivity index is 2.17. The summed E-state index contributed by atoms with van der Waals surface area (Å²) in [5.74, 6) is 0.727. The van der Waals surface area contributed by atoms with Crippen LogP contribution in [0.3, 0.4) is 0 Å². The Bertz CT molecular complexity index is 622. The molecule has 0 saturated heterocycles. The molecule has 1 aromatic carbocycles. The molecule has 1 N–H and O–H groups in total. The standard InChI is InChI=1S/C12H9ClIN3O2/c13-10-4-3-9(17(18)19)6-8(10)7-16-12-11(14)2-1-5-15-12/h1-6H,7H2,(H,15,16). The van der Waals surface area contributed by atoms with Crippen LogP contribution in [0.5, 0.6) is 0 Å². The number of hydrogen-bond acceptors (Lipinski definition) is 4. The molecule has 0 fully saturated rings. The highest BCUT2D eigenvalue weighted by atomic mass is 127. The van der Waals surface area contributed by atoms with Crippen LogP contribution in [0.4, 0.5) is 11.5 Å². The monoisotopic (exact) mass is 389 g/mol. The molecule has 0 aliphatic carbocycles. The lowest BCUT2D eigenvalue weighted by molar-refractivity contribution is -0.384. The van der Waals surface area contributed by atoms with E-state index in [1.165, 1.54) is 18.2 Å². The molecular weight excluding hydrogens is 381 g/mol. The summed E-state index contributed by atoms with van der Waals surface area (Å²) >= 11 is 8.18. The minimum Gasteiger partial charge on any atom is -0.365 e. The second kappa shape index (κ2) is 6.16. The third kappa shape index (κ3) is 3.54. The van der Waals surface area contributed by atoms with E-state index in [9.17, 15) is 10.1 Å². The summed E-state index contributed by atoms with van der Waals surface area (Å²) in [5.41, 5.74) is 0.689. The normalized spacial score (nSPS) is 10.2. The quantitative estimate of drug-likeness (QED) is 0.490. The minimum absolute atomic E-state index is 0.0249. The van der Waals surface area contributed by atoms with Gasteiger partial charge < -0.3 is 5.32 Å². The maximum Gasteiger partial charge on any atom is 0.269 e. The van der Waals surface area contributed by atoms with Gasteiger partial charge in [0.25, 0.3) is 5.69 Å². The van der Waals surface area contributed by atoms with Crippen LogP contribution in [0.15, 0.2) is 36.5 Å². The molecule has 1 aromatic heterocycles. The van der Waals surface area contributed by atoms with Crippen molar-refractivity contribution >= 4 is 45.7 Å². The summed E-state index contributed by atoms with van der Waals surface area (Å²) in [6.07, 6.45) is 1.68. The number of benzene rings is 1. The number of nitro benzene ring substituents is 1. The van der Waals surface area contributed by atoms with E-state index in [4.69, 9.17) is 11.6 Å². The highest BCUT2D eigenvalue weighted by Crippen LogP contribution is 2.23. The van der Waals surface area contributed by atoms with Crippen molar-refractivity contribution in [2.45, 2.75) is 6.54 Å². The van der Waals surface area contributed by atoms with Crippen LogP contribution in [0.2, 0.25) is 5.02 Å². The van der Waals surface area contributed by atoms with E-state index in [-0.39, 0.29) is 5.69 Å². The number of aromatic nitrogens is 1. The molecule has 0 unspecified atom stereocenters. The van der Waals surface area contributed by atoms with Crippen molar-refractivity contribution in [2.75, 3.05) is 5.32 Å². The van der Waals surface area contributed by atoms with Gasteiger partial charge in [-0.2, -0.15) is 0 Å². The maximum absolute atomic E-state index is 10.7. The summed E-state index contributed by atoms with van der Waals surface area (Å²) < 4.78 is 0.974. The number of nitrogens with zero attached hydrogens (tertiary/aromatic N) is 2. The van der Waals surface area contributed by atoms with Crippen LogP contribution in [0.1, 0.15) is 5.56 Å². The van der Waals surface area contributed by atoms with Gasteiger partial charge in [0, 0.05) is 29.9 Å². The number of anilines is 1. The molecule has 7 heteroatoms. The summed E-state index contributed by atoms with van der Waals surface area (Å²) in [4.78, 5) is 14.5. The molecule has 0 aliphatic heterocycles. The topological polar surface area (TPSA) is 68.1 Å². The first-order chi connectivity index (χ1) is 9.08. The second-order valence-corrected chi connectivity index (χ2v) is 5.29. The molecule has 0 amide bonds. The van der Waals surface area contributed by atoms with Gasteiger partial charge in [0.05, 0.1) is 8.49 Å². The first-order valence-corrected chi connectivity index (χ1v) is 6.81. The Morgan fingerprint density at radius 1 is 1.42 bits per heavy atom. The average Bonchev–Trinajstić information content (AvgIpc) is 2.39. The van der Waals surface area contributed by atoms with Gasteiger partial charge in [-0.15, -0.1) is 0 Å². The van der Waals surface area contributed by atoms with Gasteiger partial charge in [0.15, 0.2) is 0 Å². The van der Waals surface area contributed by atoms with E-state index in [0.717, 1.165) is 9.39 Å². The molecule has 98 valence electrons. The lowest BCUT2D eigenvalue weighted by Gasteiger charge is -2.08. The number of pyridine rings is 1. The summed E-state index contributed by atoms with van der Waals surface area (Å²) in [6.45, 7) is 0.382. The number of halogens is 2. The van der Waals surface area contributed by atoms with Crippen molar-refractivity contribution < 1.29 is 4.92 Å². The zero-order valence-corrected chi connectivity index (χ0v) is 12.6. The number of nitro groups is 1. The Kier molecular flexibility index (Phi) is 4.54. The molecule has 0 saturated carbocycles. The molecule has 2 rings (SSSR count). The molecular formula is C12H9ClIN3O2. The SMILES string of the molecule is O=[N+]([O-])c1ccc(Cl)c(CNc2ncccc2I)c1. The Morgan fingerprint density at radius 2 is 2.21 bits per heavy atom. The Morgan fingerprint density at radius 3 is 2.89 bits per heavy atom. The summed E-state index contributed by atoms with van der Waals surface area (Å²) in [6, 6.07) is 8.14. The van der Waals surface area contributed by atoms with Gasteiger partial charge in [-0.05, 0) is 46.4 Å². The van der Waals surface area contributed by atoms with Gasteiger partial charge in [0.2, 0.25) is 0 Å². The van der Waals surface area contributed by atoms with Crippen LogP contribution in [-0.4, -0.2) is 9.91 Å². The van der Waals surface area contributed by atoms with Crippen LogP contribution in [-0.2, 0) is 6.54 Å². The zero-order chi connectivity index (χ0) is 13.8. The van der Waals surface area contributed by atoms with Gasteiger partial charge in [-0.1, -0.05) is 11.6 Å². The van der Waals surface area contributed by atoms with Crippen molar-refractivity contribution in [3.63, 3.8) is 0 Å². The summed E-state index contributed by atoms with van der Waals surface area (Å²) in [5, 5.41) is 14.3. The zero-order valence-electron chi connectivity index (χ0n) is 9.64. The first-order valence-electron chi connectivity index (χ1n) is 5.35. The van der Waals surface area contributed by atoms with Gasteiger partial charge in [-0.3, -0.25) is 10.1 Å². The molecule has 0 spiro atoms. The van der Waals surface area contributed by atoms with Crippen molar-refractivity contribution in [2.24, 2.45) is 0 Å². The van der Waals surface area contributed by atoms with E-state index in [0.29, 0.717) is 17.1 Å². The van der Waals surface area contributed by atoms with Crippen LogP contribution in [0, 0.1) is 13.7 Å². The van der Waals surface area contributed by atoms with E-state index >= 15 is 0 Å². The second-order valence-electron chi connectivity index (χ2n) is 3.72. The Hall–Kier alpha value is -1.41. The molecule has 2 aromatic rings. The van der Waals surface area contributed by atoms with Gasteiger partial charge >= 0.3 is 0 Å². The third-order valence-electron chi connectivity index (χ3n) is 2.44. The smallest absolute Gasteiger partial charge is 0.269 e. The molecule has 0 bridgehead atoms. The van der Waals surface area contributed by atoms with Crippen molar-refractivity contribution in [3.05, 3.63) is 60.8 Å². The first kappa shape index (κ1) is 14.0.